The largest absolute Gasteiger partial charge is 0.481 e. The maximum absolute atomic E-state index is 10.6. The van der Waals surface area contributed by atoms with Crippen molar-refractivity contribution in [1.82, 2.24) is 0 Å². The Morgan fingerprint density at radius 1 is 1.18 bits per heavy atom. The van der Waals surface area contributed by atoms with Crippen LogP contribution in [0.5, 0.6) is 0 Å². The molecule has 0 unspecified atom stereocenters. The Hall–Kier alpha value is -1.13. The van der Waals surface area contributed by atoms with Gasteiger partial charge in [0.1, 0.15) is 0 Å². The molecular formula is C24H38O4. The van der Waals surface area contributed by atoms with E-state index in [9.17, 15) is 15.0 Å². The molecule has 28 heavy (non-hydrogen) atoms. The van der Waals surface area contributed by atoms with Gasteiger partial charge in [0.2, 0.25) is 0 Å². The highest BCUT2D eigenvalue weighted by molar-refractivity contribution is 5.66. The number of aliphatic carboxylic acids is 1. The van der Waals surface area contributed by atoms with Gasteiger partial charge in [-0.3, -0.25) is 4.79 Å². The monoisotopic (exact) mass is 390 g/mol. The van der Waals surface area contributed by atoms with E-state index in [0.717, 1.165) is 44.4 Å². The van der Waals surface area contributed by atoms with Crippen molar-refractivity contribution in [3.63, 3.8) is 0 Å². The molecule has 0 aromatic carbocycles. The predicted octanol–water partition coefficient (Wildman–Crippen LogP) is 4.85. The third kappa shape index (κ3) is 6.18. The smallest absolute Gasteiger partial charge is 0.303 e. The minimum Gasteiger partial charge on any atom is -0.481 e. The van der Waals surface area contributed by atoms with E-state index in [-0.39, 0.29) is 24.5 Å². The Bertz CT molecular complexity index is 561. The molecule has 0 saturated heterocycles. The summed E-state index contributed by atoms with van der Waals surface area (Å²) < 4.78 is 0. The number of rotatable bonds is 10. The summed E-state index contributed by atoms with van der Waals surface area (Å²) in [6.07, 6.45) is 18.9. The van der Waals surface area contributed by atoms with E-state index >= 15 is 0 Å². The molecule has 3 saturated carbocycles. The maximum Gasteiger partial charge on any atom is 0.303 e. The molecule has 0 bridgehead atoms. The molecule has 3 aliphatic carbocycles. The van der Waals surface area contributed by atoms with Gasteiger partial charge in [-0.05, 0) is 56.3 Å². The molecule has 158 valence electrons. The number of unbranched alkanes of at least 4 members (excludes halogenated alkanes) is 1. The minimum atomic E-state index is -0.725. The fraction of sp³-hybridized carbons (Fsp3) is 0.792. The number of aliphatic hydroxyl groups is 2. The van der Waals surface area contributed by atoms with Gasteiger partial charge in [0, 0.05) is 12.3 Å². The number of allylic oxidation sites excluding steroid dienone is 2. The van der Waals surface area contributed by atoms with Crippen LogP contribution < -0.4 is 0 Å². The van der Waals surface area contributed by atoms with Crippen LogP contribution in [-0.4, -0.2) is 33.5 Å². The lowest BCUT2D eigenvalue weighted by Gasteiger charge is -2.18. The predicted molar refractivity (Wildman–Crippen MR) is 111 cm³/mol. The van der Waals surface area contributed by atoms with Crippen LogP contribution in [-0.2, 0) is 4.79 Å². The van der Waals surface area contributed by atoms with Crippen LogP contribution in [0.1, 0.15) is 83.5 Å². The molecule has 3 N–H and O–H groups in total. The molecule has 0 spiro atoms. The van der Waals surface area contributed by atoms with Crippen LogP contribution in [0.4, 0.5) is 0 Å². The zero-order valence-electron chi connectivity index (χ0n) is 17.1. The van der Waals surface area contributed by atoms with Crippen molar-refractivity contribution in [2.45, 2.75) is 95.7 Å². The maximum atomic E-state index is 10.6. The van der Waals surface area contributed by atoms with E-state index in [1.54, 1.807) is 0 Å². The van der Waals surface area contributed by atoms with E-state index in [1.807, 2.05) is 6.08 Å². The van der Waals surface area contributed by atoms with Crippen molar-refractivity contribution in [2.75, 3.05) is 0 Å². The Labute approximate surface area is 169 Å². The van der Waals surface area contributed by atoms with Crippen LogP contribution in [0.25, 0.3) is 0 Å². The third-order valence-electron chi connectivity index (χ3n) is 7.28. The first-order valence-corrected chi connectivity index (χ1v) is 11.5. The van der Waals surface area contributed by atoms with Gasteiger partial charge in [-0.2, -0.15) is 0 Å². The molecule has 5 atom stereocenters. The Kier molecular flexibility index (Phi) is 8.16. The molecule has 0 aromatic heterocycles. The van der Waals surface area contributed by atoms with Gasteiger partial charge >= 0.3 is 5.97 Å². The number of fused-ring (bicyclic) bond motifs is 1. The molecule has 0 aromatic rings. The van der Waals surface area contributed by atoms with Crippen molar-refractivity contribution in [2.24, 2.45) is 23.7 Å². The van der Waals surface area contributed by atoms with Crippen LogP contribution in [0.3, 0.4) is 0 Å². The second-order valence-corrected chi connectivity index (χ2v) is 9.39. The Morgan fingerprint density at radius 3 is 2.71 bits per heavy atom. The fourth-order valence-corrected chi connectivity index (χ4v) is 5.77. The molecule has 4 heteroatoms. The van der Waals surface area contributed by atoms with Crippen molar-refractivity contribution < 1.29 is 20.1 Å². The molecule has 0 amide bonds. The van der Waals surface area contributed by atoms with Crippen LogP contribution in [0.15, 0.2) is 23.8 Å². The van der Waals surface area contributed by atoms with Crippen molar-refractivity contribution in [3.8, 4) is 0 Å². The van der Waals surface area contributed by atoms with Crippen LogP contribution in [0, 0.1) is 23.7 Å². The first-order chi connectivity index (χ1) is 13.5. The summed E-state index contributed by atoms with van der Waals surface area (Å²) >= 11 is 0. The SMILES string of the molecule is O=C(O)CCCC=C1C[C@@H]2C[C@@H](O)[C@H](C=C[C@H](O)CCCC3CCCC3)[C@H]2C1. The summed E-state index contributed by atoms with van der Waals surface area (Å²) in [5, 5.41) is 29.5. The van der Waals surface area contributed by atoms with Gasteiger partial charge in [-0.1, -0.05) is 62.3 Å². The Balaban J connectivity index is 1.42. The molecule has 3 rings (SSSR count). The lowest BCUT2D eigenvalue weighted by molar-refractivity contribution is -0.137. The van der Waals surface area contributed by atoms with Gasteiger partial charge in [-0.25, -0.2) is 0 Å². The molecule has 0 aliphatic heterocycles. The summed E-state index contributed by atoms with van der Waals surface area (Å²) in [6, 6.07) is 0. The first kappa shape index (κ1) is 21.6. The van der Waals surface area contributed by atoms with E-state index < -0.39 is 5.97 Å². The summed E-state index contributed by atoms with van der Waals surface area (Å²) in [7, 11) is 0. The van der Waals surface area contributed by atoms with Gasteiger partial charge in [-0.15, -0.1) is 0 Å². The zero-order valence-corrected chi connectivity index (χ0v) is 17.1. The summed E-state index contributed by atoms with van der Waals surface area (Å²) in [5.74, 6) is 1.32. The summed E-state index contributed by atoms with van der Waals surface area (Å²) in [6.45, 7) is 0. The molecule has 4 nitrogen and oxygen atoms in total. The standard InChI is InChI=1S/C24H38O4/c25-20(10-5-9-17-6-1-2-7-17)12-13-21-22-15-18(8-3-4-11-24(27)28)14-19(22)16-23(21)26/h8,12-13,17,19-23,25-26H,1-7,9-11,14-16H2,(H,27,28)/t19-,20-,21-,22+,23-/m1/s1. The van der Waals surface area contributed by atoms with Crippen molar-refractivity contribution in [1.29, 1.82) is 0 Å². The second-order valence-electron chi connectivity index (χ2n) is 9.39. The highest BCUT2D eigenvalue weighted by Gasteiger charge is 2.44. The summed E-state index contributed by atoms with van der Waals surface area (Å²) in [4.78, 5) is 10.6. The van der Waals surface area contributed by atoms with Crippen LogP contribution >= 0.6 is 0 Å². The molecule has 3 fully saturated rings. The van der Waals surface area contributed by atoms with E-state index in [1.165, 1.54) is 37.7 Å². The van der Waals surface area contributed by atoms with Crippen molar-refractivity contribution >= 4 is 5.97 Å². The van der Waals surface area contributed by atoms with E-state index in [4.69, 9.17) is 5.11 Å². The van der Waals surface area contributed by atoms with E-state index in [0.29, 0.717) is 18.3 Å². The molecule has 0 radical (unpaired) electrons. The quantitative estimate of drug-likeness (QED) is 0.368. The van der Waals surface area contributed by atoms with Crippen LogP contribution in [0.2, 0.25) is 0 Å². The number of hydrogen-bond donors (Lipinski definition) is 3. The van der Waals surface area contributed by atoms with E-state index in [2.05, 4.69) is 12.2 Å². The number of carboxylic acid groups (broad SMARTS) is 1. The minimum absolute atomic E-state index is 0.152. The Morgan fingerprint density at radius 2 is 1.96 bits per heavy atom. The molecule has 0 heterocycles. The highest BCUT2D eigenvalue weighted by atomic mass is 16.4. The average molecular weight is 391 g/mol. The van der Waals surface area contributed by atoms with Gasteiger partial charge < -0.3 is 15.3 Å². The highest BCUT2D eigenvalue weighted by Crippen LogP contribution is 2.50. The lowest BCUT2D eigenvalue weighted by atomic mass is 9.90. The average Bonchev–Trinajstić information content (AvgIpc) is 3.34. The molecule has 3 aliphatic rings. The summed E-state index contributed by atoms with van der Waals surface area (Å²) in [5.41, 5.74) is 1.43. The first-order valence-electron chi connectivity index (χ1n) is 11.5. The topological polar surface area (TPSA) is 77.8 Å². The third-order valence-corrected chi connectivity index (χ3v) is 7.28. The van der Waals surface area contributed by atoms with Gasteiger partial charge in [0.15, 0.2) is 0 Å². The van der Waals surface area contributed by atoms with Gasteiger partial charge in [0.05, 0.1) is 12.2 Å². The number of carbonyl (C=O) groups is 1. The second kappa shape index (κ2) is 10.6. The zero-order chi connectivity index (χ0) is 19.9. The normalized spacial score (nSPS) is 33.1. The lowest BCUT2D eigenvalue weighted by Crippen LogP contribution is -2.17. The number of carboxylic acids is 1. The number of hydrogen-bond acceptors (Lipinski definition) is 3. The van der Waals surface area contributed by atoms with Gasteiger partial charge in [0.25, 0.3) is 0 Å². The molecular weight excluding hydrogens is 352 g/mol. The van der Waals surface area contributed by atoms with Crippen molar-refractivity contribution in [3.05, 3.63) is 23.8 Å². The number of aliphatic hydroxyl groups excluding tert-OH is 2. The fourth-order valence-electron chi connectivity index (χ4n) is 5.77.